The summed E-state index contributed by atoms with van der Waals surface area (Å²) in [5, 5.41) is 13.8. The fraction of sp³-hybridized carbons (Fsp3) is 0.474. The minimum absolute atomic E-state index is 0.106. The third-order valence-electron chi connectivity index (χ3n) is 4.83. The summed E-state index contributed by atoms with van der Waals surface area (Å²) in [6.45, 7) is 3.20. The van der Waals surface area contributed by atoms with Crippen molar-refractivity contribution in [3.8, 4) is 11.5 Å². The van der Waals surface area contributed by atoms with Gasteiger partial charge in [-0.15, -0.1) is 0 Å². The Bertz CT molecular complexity index is 786. The molecule has 7 nitrogen and oxygen atoms in total. The van der Waals surface area contributed by atoms with Crippen LogP contribution in [0.3, 0.4) is 0 Å². The van der Waals surface area contributed by atoms with Gasteiger partial charge in [0.2, 0.25) is 0 Å². The summed E-state index contributed by atoms with van der Waals surface area (Å²) >= 11 is 0. The molecule has 2 heterocycles. The van der Waals surface area contributed by atoms with Crippen molar-refractivity contribution in [1.29, 1.82) is 0 Å². The van der Waals surface area contributed by atoms with Crippen molar-refractivity contribution in [3.05, 3.63) is 40.8 Å². The summed E-state index contributed by atoms with van der Waals surface area (Å²) in [5.74, 6) is 0.759. The van der Waals surface area contributed by atoms with E-state index in [1.54, 1.807) is 19.2 Å². The Hall–Kier alpha value is -2.54. The number of nitrogens with zero attached hydrogens (tertiary/aromatic N) is 2. The normalized spacial score (nSPS) is 17.9. The third-order valence-corrected chi connectivity index (χ3v) is 4.83. The Balaban J connectivity index is 1.96. The Labute approximate surface area is 152 Å². The fourth-order valence-corrected chi connectivity index (χ4v) is 3.53. The number of benzene rings is 1. The molecule has 1 atom stereocenters. The highest BCUT2D eigenvalue weighted by atomic mass is 16.5. The molecule has 1 N–H and O–H groups in total. The lowest BCUT2D eigenvalue weighted by Gasteiger charge is -2.35. The summed E-state index contributed by atoms with van der Waals surface area (Å²) in [4.78, 5) is 14.0. The molecule has 0 amide bonds. The zero-order valence-corrected chi connectivity index (χ0v) is 15.3. The molecule has 1 aromatic carbocycles. The molecule has 0 saturated carbocycles. The Morgan fingerprint density at radius 2 is 2.12 bits per heavy atom. The fourth-order valence-electron chi connectivity index (χ4n) is 3.53. The topological polar surface area (TPSA) is 85.0 Å². The number of carboxylic acid groups (broad SMARTS) is 1. The first-order chi connectivity index (χ1) is 12.5. The second-order valence-electron chi connectivity index (χ2n) is 6.51. The van der Waals surface area contributed by atoms with E-state index in [1.165, 1.54) is 7.11 Å². The van der Waals surface area contributed by atoms with E-state index in [4.69, 9.17) is 14.0 Å². The first-order valence-electron chi connectivity index (χ1n) is 8.69. The van der Waals surface area contributed by atoms with E-state index in [0.717, 1.165) is 37.3 Å². The van der Waals surface area contributed by atoms with Crippen molar-refractivity contribution in [2.24, 2.45) is 0 Å². The maximum absolute atomic E-state index is 11.8. The lowest BCUT2D eigenvalue weighted by Crippen LogP contribution is -2.33. The number of carbonyl (C=O) groups is 1. The average molecular weight is 360 g/mol. The van der Waals surface area contributed by atoms with Crippen molar-refractivity contribution in [2.45, 2.75) is 38.8 Å². The minimum Gasteiger partial charge on any atom is -0.497 e. The van der Waals surface area contributed by atoms with Crippen LogP contribution in [0.1, 0.15) is 52.7 Å². The molecule has 0 bridgehead atoms. The number of hydrogen-bond donors (Lipinski definition) is 1. The van der Waals surface area contributed by atoms with Gasteiger partial charge in [0, 0.05) is 24.2 Å². The standard InChI is InChI=1S/C19H24N2O5/c1-12-8-16(20-26-12)17-6-4-5-7-21(17)11-15-14(19(22)23)9-13(24-2)10-18(15)25-3/h8-10,17H,4-7,11H2,1-3H3,(H,22,23)/t17-/m0/s1. The van der Waals surface area contributed by atoms with Crippen molar-refractivity contribution < 1.29 is 23.9 Å². The van der Waals surface area contributed by atoms with Crippen LogP contribution in [0.4, 0.5) is 0 Å². The van der Waals surface area contributed by atoms with Crippen LogP contribution in [0, 0.1) is 6.92 Å². The molecular formula is C19H24N2O5. The zero-order valence-electron chi connectivity index (χ0n) is 15.3. The number of aryl methyl sites for hydroxylation is 1. The van der Waals surface area contributed by atoms with Crippen LogP contribution in [0.25, 0.3) is 0 Å². The SMILES string of the molecule is COc1cc(OC)c(CN2CCCC[C@H]2c2cc(C)on2)c(C(=O)O)c1. The number of likely N-dealkylation sites (tertiary alicyclic amines) is 1. The monoisotopic (exact) mass is 360 g/mol. The number of carboxylic acids is 1. The van der Waals surface area contributed by atoms with Crippen LogP contribution >= 0.6 is 0 Å². The molecule has 3 rings (SSSR count). The van der Waals surface area contributed by atoms with E-state index in [2.05, 4.69) is 10.1 Å². The van der Waals surface area contributed by atoms with E-state index >= 15 is 0 Å². The smallest absolute Gasteiger partial charge is 0.336 e. The summed E-state index contributed by atoms with van der Waals surface area (Å²) in [7, 11) is 3.05. The molecule has 2 aromatic rings. The van der Waals surface area contributed by atoms with Gasteiger partial charge in [0.15, 0.2) is 0 Å². The van der Waals surface area contributed by atoms with Crippen LogP contribution in [-0.4, -0.2) is 41.9 Å². The molecule has 1 aromatic heterocycles. The number of ether oxygens (including phenoxy) is 2. The van der Waals surface area contributed by atoms with Gasteiger partial charge in [-0.2, -0.15) is 0 Å². The maximum Gasteiger partial charge on any atom is 0.336 e. The second-order valence-corrected chi connectivity index (χ2v) is 6.51. The molecule has 7 heteroatoms. The van der Waals surface area contributed by atoms with E-state index in [-0.39, 0.29) is 11.6 Å². The summed E-state index contributed by atoms with van der Waals surface area (Å²) in [6, 6.07) is 5.32. The molecule has 1 saturated heterocycles. The van der Waals surface area contributed by atoms with Crippen molar-refractivity contribution >= 4 is 5.97 Å². The predicted octanol–water partition coefficient (Wildman–Crippen LogP) is 3.43. The van der Waals surface area contributed by atoms with Crippen LogP contribution in [-0.2, 0) is 6.54 Å². The Morgan fingerprint density at radius 1 is 1.31 bits per heavy atom. The number of piperidine rings is 1. The largest absolute Gasteiger partial charge is 0.497 e. The molecular weight excluding hydrogens is 336 g/mol. The lowest BCUT2D eigenvalue weighted by molar-refractivity contribution is 0.0690. The zero-order chi connectivity index (χ0) is 18.7. The molecule has 1 fully saturated rings. The predicted molar refractivity (Wildman–Crippen MR) is 94.7 cm³/mol. The number of hydrogen-bond acceptors (Lipinski definition) is 6. The van der Waals surface area contributed by atoms with Gasteiger partial charge < -0.3 is 19.1 Å². The maximum atomic E-state index is 11.8. The van der Waals surface area contributed by atoms with Gasteiger partial charge >= 0.3 is 5.97 Å². The van der Waals surface area contributed by atoms with Crippen LogP contribution in [0.5, 0.6) is 11.5 Å². The highest BCUT2D eigenvalue weighted by Crippen LogP contribution is 2.36. The van der Waals surface area contributed by atoms with Gasteiger partial charge in [-0.25, -0.2) is 4.79 Å². The van der Waals surface area contributed by atoms with Crippen LogP contribution in [0.15, 0.2) is 22.7 Å². The summed E-state index contributed by atoms with van der Waals surface area (Å²) in [5.41, 5.74) is 1.74. The number of aromatic nitrogens is 1. The van der Waals surface area contributed by atoms with Gasteiger partial charge in [-0.3, -0.25) is 4.90 Å². The van der Waals surface area contributed by atoms with Crippen molar-refractivity contribution in [1.82, 2.24) is 10.1 Å². The minimum atomic E-state index is -0.997. The molecule has 0 unspecified atom stereocenters. The Morgan fingerprint density at radius 3 is 2.73 bits per heavy atom. The molecule has 0 radical (unpaired) electrons. The second kappa shape index (κ2) is 7.78. The molecule has 26 heavy (non-hydrogen) atoms. The van der Waals surface area contributed by atoms with Gasteiger partial charge in [-0.05, 0) is 32.4 Å². The molecule has 0 aliphatic carbocycles. The van der Waals surface area contributed by atoms with Gasteiger partial charge in [0.05, 0.1) is 25.8 Å². The number of rotatable bonds is 6. The third kappa shape index (κ3) is 3.67. The molecule has 140 valence electrons. The molecule has 1 aliphatic rings. The first-order valence-corrected chi connectivity index (χ1v) is 8.69. The van der Waals surface area contributed by atoms with Gasteiger partial charge in [-0.1, -0.05) is 11.6 Å². The summed E-state index contributed by atoms with van der Waals surface area (Å²) < 4.78 is 15.9. The van der Waals surface area contributed by atoms with Crippen LogP contribution < -0.4 is 9.47 Å². The van der Waals surface area contributed by atoms with Crippen molar-refractivity contribution in [2.75, 3.05) is 20.8 Å². The summed E-state index contributed by atoms with van der Waals surface area (Å²) in [6.07, 6.45) is 3.14. The lowest BCUT2D eigenvalue weighted by atomic mass is 9.97. The quantitative estimate of drug-likeness (QED) is 0.845. The molecule has 1 aliphatic heterocycles. The van der Waals surface area contributed by atoms with E-state index in [1.807, 2.05) is 13.0 Å². The highest BCUT2D eigenvalue weighted by Gasteiger charge is 2.29. The number of methoxy groups -OCH3 is 2. The van der Waals surface area contributed by atoms with Gasteiger partial charge in [0.25, 0.3) is 0 Å². The van der Waals surface area contributed by atoms with Gasteiger partial charge in [0.1, 0.15) is 23.0 Å². The average Bonchev–Trinajstić information content (AvgIpc) is 3.08. The van der Waals surface area contributed by atoms with E-state index < -0.39 is 5.97 Å². The number of aromatic carboxylic acids is 1. The van der Waals surface area contributed by atoms with E-state index in [9.17, 15) is 9.90 Å². The van der Waals surface area contributed by atoms with Crippen molar-refractivity contribution in [3.63, 3.8) is 0 Å². The van der Waals surface area contributed by atoms with E-state index in [0.29, 0.717) is 23.6 Å². The Kier molecular flexibility index (Phi) is 5.46. The first kappa shape index (κ1) is 18.3. The van der Waals surface area contributed by atoms with Crippen LogP contribution in [0.2, 0.25) is 0 Å². The highest BCUT2D eigenvalue weighted by molar-refractivity contribution is 5.91. The molecule has 0 spiro atoms.